The van der Waals surface area contributed by atoms with Crippen molar-refractivity contribution in [3.05, 3.63) is 29.3 Å². The summed E-state index contributed by atoms with van der Waals surface area (Å²) in [6.45, 7) is 5.61. The van der Waals surface area contributed by atoms with E-state index < -0.39 is 12.1 Å². The highest BCUT2D eigenvalue weighted by Gasteiger charge is 2.22. The fraction of sp³-hybridized carbons (Fsp3) is 0.500. The molecule has 0 heterocycles. The number of phenolic OH excluding ortho intramolecular Hbond substituents is 1. The van der Waals surface area contributed by atoms with E-state index in [0.29, 0.717) is 5.56 Å². The molecule has 0 unspecified atom stereocenters. The average Bonchev–Trinajstić information content (AvgIpc) is 2.20. The third-order valence-electron chi connectivity index (χ3n) is 2.68. The zero-order chi connectivity index (χ0) is 11.6. The molecule has 0 bridgehead atoms. The van der Waals surface area contributed by atoms with Crippen LogP contribution in [0.1, 0.15) is 31.0 Å². The van der Waals surface area contributed by atoms with Gasteiger partial charge in [0.05, 0.1) is 12.1 Å². The molecule has 1 aromatic rings. The van der Waals surface area contributed by atoms with Crippen LogP contribution in [-0.2, 0) is 0 Å². The van der Waals surface area contributed by atoms with Gasteiger partial charge < -0.3 is 15.9 Å². The summed E-state index contributed by atoms with van der Waals surface area (Å²) >= 11 is 0. The summed E-state index contributed by atoms with van der Waals surface area (Å²) in [7, 11) is 0. The average molecular weight is 209 g/mol. The minimum Gasteiger partial charge on any atom is -0.507 e. The molecule has 0 radical (unpaired) electrons. The van der Waals surface area contributed by atoms with Crippen LogP contribution in [0.2, 0.25) is 0 Å². The van der Waals surface area contributed by atoms with Gasteiger partial charge in [-0.15, -0.1) is 0 Å². The number of hydrogen-bond acceptors (Lipinski definition) is 3. The first-order valence-corrected chi connectivity index (χ1v) is 5.17. The molecule has 0 saturated heterocycles. The van der Waals surface area contributed by atoms with Gasteiger partial charge in [-0.05, 0) is 18.4 Å². The fourth-order valence-electron chi connectivity index (χ4n) is 1.55. The highest BCUT2D eigenvalue weighted by atomic mass is 16.3. The molecule has 84 valence electrons. The molecule has 0 amide bonds. The van der Waals surface area contributed by atoms with E-state index in [1.54, 1.807) is 6.07 Å². The summed E-state index contributed by atoms with van der Waals surface area (Å²) in [5.74, 6) is 0.254. The third kappa shape index (κ3) is 2.49. The number of phenols is 1. The number of nitrogens with two attached hydrogens (primary N) is 1. The van der Waals surface area contributed by atoms with E-state index in [0.717, 1.165) is 5.56 Å². The van der Waals surface area contributed by atoms with Crippen LogP contribution in [0.5, 0.6) is 5.75 Å². The highest BCUT2D eigenvalue weighted by Crippen LogP contribution is 2.29. The van der Waals surface area contributed by atoms with E-state index in [-0.39, 0.29) is 11.7 Å². The Bertz CT molecular complexity index is 336. The molecular weight excluding hydrogens is 190 g/mol. The van der Waals surface area contributed by atoms with Crippen LogP contribution in [-0.4, -0.2) is 16.3 Å². The number of aliphatic hydroxyl groups is 1. The number of aromatic hydroxyl groups is 1. The molecule has 0 aliphatic rings. The molecule has 0 spiro atoms. The van der Waals surface area contributed by atoms with Crippen LogP contribution in [0.4, 0.5) is 0 Å². The quantitative estimate of drug-likeness (QED) is 0.710. The lowest BCUT2D eigenvalue weighted by atomic mass is 9.93. The maximum absolute atomic E-state index is 9.83. The van der Waals surface area contributed by atoms with Crippen LogP contribution in [0.25, 0.3) is 0 Å². The van der Waals surface area contributed by atoms with Crippen LogP contribution in [0, 0.1) is 12.8 Å². The third-order valence-corrected chi connectivity index (χ3v) is 2.68. The monoisotopic (exact) mass is 209 g/mol. The summed E-state index contributed by atoms with van der Waals surface area (Å²) < 4.78 is 0. The molecule has 15 heavy (non-hydrogen) atoms. The van der Waals surface area contributed by atoms with E-state index in [2.05, 4.69) is 0 Å². The Labute approximate surface area is 90.5 Å². The van der Waals surface area contributed by atoms with Crippen molar-refractivity contribution in [2.45, 2.75) is 32.9 Å². The summed E-state index contributed by atoms with van der Waals surface area (Å²) in [4.78, 5) is 0. The predicted molar refractivity (Wildman–Crippen MR) is 60.6 cm³/mol. The van der Waals surface area contributed by atoms with Gasteiger partial charge in [-0.25, -0.2) is 0 Å². The zero-order valence-corrected chi connectivity index (χ0v) is 9.44. The molecule has 1 rings (SSSR count). The number of aryl methyl sites for hydroxylation is 1. The molecule has 0 saturated carbocycles. The van der Waals surface area contributed by atoms with Gasteiger partial charge in [0.2, 0.25) is 0 Å². The maximum atomic E-state index is 9.83. The van der Waals surface area contributed by atoms with E-state index in [1.165, 1.54) is 0 Å². The van der Waals surface area contributed by atoms with Crippen molar-refractivity contribution in [1.82, 2.24) is 0 Å². The minimum atomic E-state index is -0.641. The van der Waals surface area contributed by atoms with Crippen LogP contribution < -0.4 is 5.73 Å². The lowest BCUT2D eigenvalue weighted by molar-refractivity contribution is 0.0969. The first kappa shape index (κ1) is 12.0. The molecule has 4 N–H and O–H groups in total. The van der Waals surface area contributed by atoms with Crippen molar-refractivity contribution in [3.8, 4) is 5.75 Å². The number of para-hydroxylation sites is 1. The molecular formula is C12H19NO2. The van der Waals surface area contributed by atoms with E-state index in [4.69, 9.17) is 5.73 Å². The smallest absolute Gasteiger partial charge is 0.123 e. The summed E-state index contributed by atoms with van der Waals surface area (Å²) in [5.41, 5.74) is 7.28. The zero-order valence-electron chi connectivity index (χ0n) is 9.44. The lowest BCUT2D eigenvalue weighted by Crippen LogP contribution is -2.30. The van der Waals surface area contributed by atoms with Crippen molar-refractivity contribution in [1.29, 1.82) is 0 Å². The van der Waals surface area contributed by atoms with Crippen molar-refractivity contribution < 1.29 is 10.2 Å². The van der Waals surface area contributed by atoms with Crippen LogP contribution >= 0.6 is 0 Å². The second kappa shape index (κ2) is 4.64. The van der Waals surface area contributed by atoms with Crippen molar-refractivity contribution in [3.63, 3.8) is 0 Å². The molecule has 1 aromatic carbocycles. The number of hydrogen-bond donors (Lipinski definition) is 3. The second-order valence-electron chi connectivity index (χ2n) is 4.27. The highest BCUT2D eigenvalue weighted by molar-refractivity contribution is 5.41. The summed E-state index contributed by atoms with van der Waals surface area (Å²) in [5, 5.41) is 19.6. The molecule has 3 heteroatoms. The fourth-order valence-corrected chi connectivity index (χ4v) is 1.55. The van der Waals surface area contributed by atoms with Crippen molar-refractivity contribution in [2.75, 3.05) is 0 Å². The van der Waals surface area contributed by atoms with Crippen molar-refractivity contribution >= 4 is 0 Å². The van der Waals surface area contributed by atoms with Gasteiger partial charge in [-0.3, -0.25) is 0 Å². The van der Waals surface area contributed by atoms with Crippen LogP contribution in [0.3, 0.4) is 0 Å². The van der Waals surface area contributed by atoms with Crippen LogP contribution in [0.15, 0.2) is 18.2 Å². The van der Waals surface area contributed by atoms with Gasteiger partial charge in [0.25, 0.3) is 0 Å². The Balaban J connectivity index is 3.01. The van der Waals surface area contributed by atoms with Gasteiger partial charge in [0, 0.05) is 5.56 Å². The van der Waals surface area contributed by atoms with Gasteiger partial charge in [-0.1, -0.05) is 32.0 Å². The molecule has 0 aliphatic carbocycles. The standard InChI is InChI=1S/C12H19NO2/c1-7(2)11(14)10(13)9-6-4-5-8(3)12(9)15/h4-7,10-11,14-15H,13H2,1-3H3/t10-,11+/m1/s1. The Morgan fingerprint density at radius 2 is 1.87 bits per heavy atom. The minimum absolute atomic E-state index is 0.0694. The number of rotatable bonds is 3. The number of benzene rings is 1. The van der Waals surface area contributed by atoms with Gasteiger partial charge in [-0.2, -0.15) is 0 Å². The Morgan fingerprint density at radius 1 is 1.27 bits per heavy atom. The molecule has 0 fully saturated rings. The van der Waals surface area contributed by atoms with Gasteiger partial charge >= 0.3 is 0 Å². The molecule has 3 nitrogen and oxygen atoms in total. The largest absolute Gasteiger partial charge is 0.507 e. The van der Waals surface area contributed by atoms with E-state index in [9.17, 15) is 10.2 Å². The predicted octanol–water partition coefficient (Wildman–Crippen LogP) is 1.72. The second-order valence-corrected chi connectivity index (χ2v) is 4.27. The maximum Gasteiger partial charge on any atom is 0.123 e. The Hall–Kier alpha value is -1.06. The first-order valence-electron chi connectivity index (χ1n) is 5.17. The summed E-state index contributed by atoms with van der Waals surface area (Å²) in [6, 6.07) is 4.85. The van der Waals surface area contributed by atoms with E-state index in [1.807, 2.05) is 32.9 Å². The Morgan fingerprint density at radius 3 is 2.40 bits per heavy atom. The van der Waals surface area contributed by atoms with E-state index >= 15 is 0 Å². The number of aliphatic hydroxyl groups excluding tert-OH is 1. The van der Waals surface area contributed by atoms with Crippen molar-refractivity contribution in [2.24, 2.45) is 11.7 Å². The molecule has 0 aliphatic heterocycles. The normalized spacial score (nSPS) is 15.3. The first-order chi connectivity index (χ1) is 6.95. The Kier molecular flexibility index (Phi) is 3.72. The lowest BCUT2D eigenvalue weighted by Gasteiger charge is -2.23. The molecule has 0 aromatic heterocycles. The topological polar surface area (TPSA) is 66.5 Å². The van der Waals surface area contributed by atoms with Gasteiger partial charge in [0.1, 0.15) is 5.75 Å². The SMILES string of the molecule is Cc1cccc([C@@H](N)[C@@H](O)C(C)C)c1O. The molecule has 2 atom stereocenters. The summed E-state index contributed by atoms with van der Waals surface area (Å²) in [6.07, 6.45) is -0.641. The van der Waals surface area contributed by atoms with Gasteiger partial charge in [0.15, 0.2) is 0 Å².